The van der Waals surface area contributed by atoms with Crippen LogP contribution < -0.4 is 5.32 Å². The second kappa shape index (κ2) is 8.41. The van der Waals surface area contributed by atoms with E-state index in [2.05, 4.69) is 11.9 Å². The molecule has 0 saturated heterocycles. The Morgan fingerprint density at radius 3 is 1.82 bits per heavy atom. The highest BCUT2D eigenvalue weighted by atomic mass is 28.4. The zero-order valence-corrected chi connectivity index (χ0v) is 12.2. The fraction of sp³-hybridized carbons (Fsp3) is 0.727. The van der Waals surface area contributed by atoms with Gasteiger partial charge in [-0.15, -0.1) is 0 Å². The Kier molecular flexibility index (Phi) is 8.06. The number of carbonyl (C=O) groups is 1. The van der Waals surface area contributed by atoms with Gasteiger partial charge in [0.25, 0.3) is 0 Å². The summed E-state index contributed by atoms with van der Waals surface area (Å²) in [7, 11) is -2.78. The van der Waals surface area contributed by atoms with Crippen molar-refractivity contribution in [3.63, 3.8) is 0 Å². The lowest BCUT2D eigenvalue weighted by Gasteiger charge is -2.28. The van der Waals surface area contributed by atoms with Crippen LogP contribution in [0.15, 0.2) is 12.2 Å². The maximum atomic E-state index is 11.4. The van der Waals surface area contributed by atoms with Gasteiger partial charge in [0, 0.05) is 25.4 Å². The normalized spacial score (nSPS) is 11.3. The van der Waals surface area contributed by atoms with Crippen molar-refractivity contribution in [2.24, 2.45) is 0 Å². The Morgan fingerprint density at radius 2 is 1.53 bits per heavy atom. The summed E-state index contributed by atoms with van der Waals surface area (Å²) in [5, 5.41) is 2.73. The zero-order valence-electron chi connectivity index (χ0n) is 11.2. The Bertz CT molecular complexity index is 241. The Morgan fingerprint density at radius 1 is 1.12 bits per heavy atom. The Hall–Kier alpha value is -0.693. The van der Waals surface area contributed by atoms with Crippen LogP contribution in [0.25, 0.3) is 0 Å². The van der Waals surface area contributed by atoms with Crippen LogP contribution in [0, 0.1) is 0 Å². The molecular formula is C11H23NO4Si. The van der Waals surface area contributed by atoms with Crippen LogP contribution in [0.2, 0.25) is 0 Å². The molecule has 0 aliphatic rings. The van der Waals surface area contributed by atoms with Crippen LogP contribution in [-0.2, 0) is 18.1 Å². The molecule has 0 fully saturated rings. The summed E-state index contributed by atoms with van der Waals surface area (Å²) in [5.74, 6) is -0.207. The SMILES string of the molecule is C=C(C)C(=O)NC[Si](OCC)(OCC)OCC. The molecule has 6 heteroatoms. The molecule has 0 aromatic carbocycles. The standard InChI is InChI=1S/C11H23NO4Si/c1-6-14-17(15-7-2,16-8-3)9-12-11(13)10(4)5/h4,6-9H2,1-3,5H3,(H,12,13). The molecular weight excluding hydrogens is 238 g/mol. The lowest BCUT2D eigenvalue weighted by atomic mass is 10.3. The third-order valence-electron chi connectivity index (χ3n) is 1.95. The summed E-state index contributed by atoms with van der Waals surface area (Å²) in [6.45, 7) is 12.3. The van der Waals surface area contributed by atoms with Crippen molar-refractivity contribution in [1.82, 2.24) is 5.32 Å². The van der Waals surface area contributed by atoms with Crippen molar-refractivity contribution in [3.8, 4) is 0 Å². The van der Waals surface area contributed by atoms with Crippen molar-refractivity contribution < 1.29 is 18.1 Å². The maximum absolute atomic E-state index is 11.4. The lowest BCUT2D eigenvalue weighted by Crippen LogP contribution is -2.55. The van der Waals surface area contributed by atoms with Crippen LogP contribution in [0.4, 0.5) is 0 Å². The molecule has 0 atom stereocenters. The van der Waals surface area contributed by atoms with Crippen molar-refractivity contribution in [3.05, 3.63) is 12.2 Å². The zero-order chi connectivity index (χ0) is 13.3. The molecule has 0 aromatic heterocycles. The quantitative estimate of drug-likeness (QED) is 0.501. The molecule has 1 amide bonds. The number of carbonyl (C=O) groups excluding carboxylic acids is 1. The number of hydrogen-bond acceptors (Lipinski definition) is 4. The van der Waals surface area contributed by atoms with E-state index in [1.807, 2.05) is 20.8 Å². The van der Waals surface area contributed by atoms with Gasteiger partial charge < -0.3 is 18.6 Å². The molecule has 0 heterocycles. The van der Waals surface area contributed by atoms with Gasteiger partial charge >= 0.3 is 8.80 Å². The van der Waals surface area contributed by atoms with E-state index in [0.717, 1.165) is 0 Å². The summed E-state index contributed by atoms with van der Waals surface area (Å²) in [6.07, 6.45) is 0.272. The highest BCUT2D eigenvalue weighted by molar-refractivity contribution is 6.61. The van der Waals surface area contributed by atoms with Gasteiger partial charge in [-0.05, 0) is 27.7 Å². The van der Waals surface area contributed by atoms with Gasteiger partial charge in [0.05, 0.1) is 6.17 Å². The third kappa shape index (κ3) is 5.97. The number of amides is 1. The van der Waals surface area contributed by atoms with Crippen LogP contribution in [0.3, 0.4) is 0 Å². The van der Waals surface area contributed by atoms with E-state index in [0.29, 0.717) is 25.4 Å². The molecule has 0 unspecified atom stereocenters. The molecule has 1 N–H and O–H groups in total. The minimum Gasteiger partial charge on any atom is -0.373 e. The van der Waals surface area contributed by atoms with Gasteiger partial charge in [0.15, 0.2) is 0 Å². The van der Waals surface area contributed by atoms with Crippen molar-refractivity contribution >= 4 is 14.7 Å². The van der Waals surface area contributed by atoms with E-state index >= 15 is 0 Å². The minimum absolute atomic E-state index is 0.207. The fourth-order valence-corrected chi connectivity index (χ4v) is 3.53. The molecule has 0 saturated carbocycles. The second-order valence-corrected chi connectivity index (χ2v) is 6.03. The van der Waals surface area contributed by atoms with Crippen molar-refractivity contribution in [2.45, 2.75) is 27.7 Å². The Labute approximate surface area is 105 Å². The second-order valence-electron chi connectivity index (χ2n) is 3.45. The van der Waals surface area contributed by atoms with E-state index < -0.39 is 8.80 Å². The van der Waals surface area contributed by atoms with Crippen molar-refractivity contribution in [2.75, 3.05) is 26.0 Å². The summed E-state index contributed by atoms with van der Waals surface area (Å²) >= 11 is 0. The van der Waals surface area contributed by atoms with Gasteiger partial charge in [-0.1, -0.05) is 6.58 Å². The molecule has 0 aliphatic carbocycles. The first-order chi connectivity index (χ1) is 8.01. The first kappa shape index (κ1) is 16.3. The molecule has 0 radical (unpaired) electrons. The molecule has 5 nitrogen and oxygen atoms in total. The van der Waals surface area contributed by atoms with E-state index in [-0.39, 0.29) is 12.1 Å². The highest BCUT2D eigenvalue weighted by Gasteiger charge is 2.40. The average molecular weight is 261 g/mol. The smallest absolute Gasteiger partial charge is 0.373 e. The molecule has 0 aliphatic heterocycles. The maximum Gasteiger partial charge on any atom is 0.521 e. The molecule has 0 bridgehead atoms. The minimum atomic E-state index is -2.78. The summed E-state index contributed by atoms with van der Waals surface area (Å²) in [6, 6.07) is 0. The predicted molar refractivity (Wildman–Crippen MR) is 68.5 cm³/mol. The third-order valence-corrected chi connectivity index (χ3v) is 4.74. The monoisotopic (exact) mass is 261 g/mol. The van der Waals surface area contributed by atoms with E-state index in [1.165, 1.54) is 0 Å². The summed E-state index contributed by atoms with van der Waals surface area (Å²) in [5.41, 5.74) is 0.456. The van der Waals surface area contributed by atoms with Gasteiger partial charge in [0.1, 0.15) is 0 Å². The number of hydrogen-bond donors (Lipinski definition) is 1. The first-order valence-corrected chi connectivity index (χ1v) is 7.80. The fourth-order valence-electron chi connectivity index (χ4n) is 1.28. The van der Waals surface area contributed by atoms with Gasteiger partial charge in [-0.2, -0.15) is 0 Å². The van der Waals surface area contributed by atoms with E-state index in [1.54, 1.807) is 6.92 Å². The first-order valence-electron chi connectivity index (χ1n) is 5.86. The topological polar surface area (TPSA) is 56.8 Å². The van der Waals surface area contributed by atoms with E-state index in [4.69, 9.17) is 13.3 Å². The average Bonchev–Trinajstić information content (AvgIpc) is 2.27. The lowest BCUT2D eigenvalue weighted by molar-refractivity contribution is -0.117. The van der Waals surface area contributed by atoms with E-state index in [9.17, 15) is 4.79 Å². The van der Waals surface area contributed by atoms with Crippen LogP contribution in [0.5, 0.6) is 0 Å². The molecule has 17 heavy (non-hydrogen) atoms. The summed E-state index contributed by atoms with van der Waals surface area (Å²) in [4.78, 5) is 11.4. The van der Waals surface area contributed by atoms with Crippen LogP contribution in [0.1, 0.15) is 27.7 Å². The van der Waals surface area contributed by atoms with Gasteiger partial charge in [0.2, 0.25) is 5.91 Å². The van der Waals surface area contributed by atoms with Crippen LogP contribution in [-0.4, -0.2) is 40.7 Å². The molecule has 0 spiro atoms. The predicted octanol–water partition coefficient (Wildman–Crippen LogP) is 1.27. The van der Waals surface area contributed by atoms with Crippen LogP contribution >= 0.6 is 0 Å². The number of rotatable bonds is 9. The largest absolute Gasteiger partial charge is 0.521 e. The summed E-state index contributed by atoms with van der Waals surface area (Å²) < 4.78 is 16.8. The van der Waals surface area contributed by atoms with Crippen molar-refractivity contribution in [1.29, 1.82) is 0 Å². The van der Waals surface area contributed by atoms with Gasteiger partial charge in [-0.25, -0.2) is 0 Å². The molecule has 0 rings (SSSR count). The van der Waals surface area contributed by atoms with Gasteiger partial charge in [-0.3, -0.25) is 4.79 Å². The number of nitrogens with one attached hydrogen (secondary N) is 1. The highest BCUT2D eigenvalue weighted by Crippen LogP contribution is 2.09. The molecule has 100 valence electrons. The molecule has 0 aromatic rings. The Balaban J connectivity index is 4.53.